The molecule has 6 rings (SSSR count). The van der Waals surface area contributed by atoms with Crippen LogP contribution in [0.1, 0.15) is 36.5 Å². The Balaban J connectivity index is 1.29. The van der Waals surface area contributed by atoms with Gasteiger partial charge in [-0.3, -0.25) is 0 Å². The summed E-state index contributed by atoms with van der Waals surface area (Å²) in [5, 5.41) is 0. The molecule has 0 bridgehead atoms. The van der Waals surface area contributed by atoms with Gasteiger partial charge in [0, 0.05) is 34.1 Å². The van der Waals surface area contributed by atoms with Crippen LogP contribution in [0.25, 0.3) is 11.1 Å². The van der Waals surface area contributed by atoms with Crippen LogP contribution in [-0.2, 0) is 6.42 Å². The first-order chi connectivity index (χ1) is 21.6. The Hall–Kier alpha value is -5.08. The minimum absolute atomic E-state index is 1.13. The molecule has 0 N–H and O–H groups in total. The van der Waals surface area contributed by atoms with E-state index in [9.17, 15) is 0 Å². The first-order valence-corrected chi connectivity index (χ1v) is 15.7. The van der Waals surface area contributed by atoms with Gasteiger partial charge in [0.1, 0.15) is 0 Å². The molecule has 6 aromatic rings. The quantitative estimate of drug-likeness (QED) is 0.161. The predicted molar refractivity (Wildman–Crippen MR) is 189 cm³/mol. The van der Waals surface area contributed by atoms with Gasteiger partial charge in [-0.05, 0) is 116 Å². The number of unbranched alkanes of at least 4 members (excludes halogenated alkanes) is 1. The molecule has 44 heavy (non-hydrogen) atoms. The van der Waals surface area contributed by atoms with Gasteiger partial charge in [-0.2, -0.15) is 0 Å². The molecule has 0 spiro atoms. The highest BCUT2D eigenvalue weighted by Crippen LogP contribution is 2.38. The summed E-state index contributed by atoms with van der Waals surface area (Å²) >= 11 is 0. The summed E-state index contributed by atoms with van der Waals surface area (Å²) in [5.74, 6) is 0. The number of rotatable bonds is 10. The second kappa shape index (κ2) is 13.5. The molecule has 218 valence electrons. The van der Waals surface area contributed by atoms with Gasteiger partial charge in [0.25, 0.3) is 0 Å². The summed E-state index contributed by atoms with van der Waals surface area (Å²) in [7, 11) is 0. The standard InChI is InChI=1S/C42H40N2/c1-4-5-9-34-16-26-40(27-17-34)44(39-24-14-33(3)15-25-39)42-30-20-36(21-31-42)35-18-28-41(29-19-35)43(37-10-7-6-8-11-37)38-22-12-32(2)13-23-38/h6-8,10-31H,4-5,9H2,1-3H3. The Bertz CT molecular complexity index is 1750. The summed E-state index contributed by atoms with van der Waals surface area (Å²) in [6.45, 7) is 6.51. The van der Waals surface area contributed by atoms with E-state index in [-0.39, 0.29) is 0 Å². The van der Waals surface area contributed by atoms with Crippen molar-refractivity contribution in [2.75, 3.05) is 9.80 Å². The number of anilines is 6. The Labute approximate surface area is 262 Å². The third kappa shape index (κ3) is 6.61. The maximum absolute atomic E-state index is 2.34. The smallest absolute Gasteiger partial charge is 0.0462 e. The number of benzene rings is 6. The molecule has 0 fully saturated rings. The third-order valence-electron chi connectivity index (χ3n) is 8.20. The van der Waals surface area contributed by atoms with Gasteiger partial charge >= 0.3 is 0 Å². The van der Waals surface area contributed by atoms with Crippen LogP contribution < -0.4 is 9.80 Å². The van der Waals surface area contributed by atoms with Gasteiger partial charge < -0.3 is 9.80 Å². The molecule has 2 heteroatoms. The molecule has 0 radical (unpaired) electrons. The van der Waals surface area contributed by atoms with Crippen molar-refractivity contribution in [3.05, 3.63) is 168 Å². The van der Waals surface area contributed by atoms with E-state index in [1.54, 1.807) is 0 Å². The van der Waals surface area contributed by atoms with E-state index in [2.05, 4.69) is 182 Å². The average Bonchev–Trinajstić information content (AvgIpc) is 3.07. The predicted octanol–water partition coefficient (Wildman–Crippen LogP) is 12.3. The van der Waals surface area contributed by atoms with Gasteiger partial charge in [0.05, 0.1) is 0 Å². The molecular formula is C42H40N2. The minimum atomic E-state index is 1.13. The van der Waals surface area contributed by atoms with Crippen LogP contribution >= 0.6 is 0 Å². The topological polar surface area (TPSA) is 6.48 Å². The summed E-state index contributed by atoms with van der Waals surface area (Å²) in [6.07, 6.45) is 3.56. The van der Waals surface area contributed by atoms with Gasteiger partial charge in [0.2, 0.25) is 0 Å². The number of para-hydroxylation sites is 1. The molecule has 0 saturated carbocycles. The highest BCUT2D eigenvalue weighted by Gasteiger charge is 2.14. The SMILES string of the molecule is CCCCc1ccc(N(c2ccc(C)cc2)c2ccc(-c3ccc(N(c4ccccc4)c4ccc(C)cc4)cc3)cc2)cc1. The second-order valence-corrected chi connectivity index (χ2v) is 11.5. The van der Waals surface area contributed by atoms with Crippen molar-refractivity contribution < 1.29 is 0 Å². The molecule has 2 nitrogen and oxygen atoms in total. The second-order valence-electron chi connectivity index (χ2n) is 11.5. The van der Waals surface area contributed by atoms with Gasteiger partial charge in [-0.15, -0.1) is 0 Å². The normalized spacial score (nSPS) is 10.9. The molecule has 6 aromatic carbocycles. The van der Waals surface area contributed by atoms with Crippen LogP contribution in [0.4, 0.5) is 34.1 Å². The van der Waals surface area contributed by atoms with Crippen LogP contribution in [0.5, 0.6) is 0 Å². The molecule has 0 aliphatic rings. The Morgan fingerprint density at radius 3 is 1.11 bits per heavy atom. The maximum atomic E-state index is 2.34. The van der Waals surface area contributed by atoms with Crippen molar-refractivity contribution in [1.82, 2.24) is 0 Å². The van der Waals surface area contributed by atoms with E-state index in [4.69, 9.17) is 0 Å². The zero-order valence-corrected chi connectivity index (χ0v) is 25.9. The van der Waals surface area contributed by atoms with Crippen LogP contribution in [0.2, 0.25) is 0 Å². The zero-order valence-electron chi connectivity index (χ0n) is 25.9. The van der Waals surface area contributed by atoms with E-state index in [1.165, 1.54) is 46.3 Å². The number of nitrogens with zero attached hydrogens (tertiary/aromatic N) is 2. The molecule has 0 amide bonds. The Morgan fingerprint density at radius 1 is 0.386 bits per heavy atom. The molecule has 0 atom stereocenters. The lowest BCUT2D eigenvalue weighted by molar-refractivity contribution is 0.795. The molecule has 0 saturated heterocycles. The van der Waals surface area contributed by atoms with E-state index < -0.39 is 0 Å². The van der Waals surface area contributed by atoms with E-state index in [1.807, 2.05) is 0 Å². The largest absolute Gasteiger partial charge is 0.311 e. The Morgan fingerprint density at radius 2 is 0.727 bits per heavy atom. The molecule has 0 aliphatic carbocycles. The van der Waals surface area contributed by atoms with Crippen molar-refractivity contribution >= 4 is 34.1 Å². The van der Waals surface area contributed by atoms with Gasteiger partial charge in [-0.25, -0.2) is 0 Å². The number of hydrogen-bond acceptors (Lipinski definition) is 2. The summed E-state index contributed by atoms with van der Waals surface area (Å²) in [4.78, 5) is 4.65. The molecule has 0 aliphatic heterocycles. The van der Waals surface area contributed by atoms with Gasteiger partial charge in [0.15, 0.2) is 0 Å². The fourth-order valence-electron chi connectivity index (χ4n) is 5.66. The molecule has 0 unspecified atom stereocenters. The highest BCUT2D eigenvalue weighted by atomic mass is 15.1. The first-order valence-electron chi connectivity index (χ1n) is 15.7. The van der Waals surface area contributed by atoms with Crippen molar-refractivity contribution in [3.8, 4) is 11.1 Å². The Kier molecular flexibility index (Phi) is 8.89. The first kappa shape index (κ1) is 29.0. The number of aryl methyl sites for hydroxylation is 3. The molecular weight excluding hydrogens is 532 g/mol. The lowest BCUT2D eigenvalue weighted by Gasteiger charge is -2.26. The summed E-state index contributed by atoms with van der Waals surface area (Å²) in [5.41, 5.74) is 13.2. The zero-order chi connectivity index (χ0) is 30.3. The molecule has 0 heterocycles. The average molecular weight is 573 g/mol. The summed E-state index contributed by atoms with van der Waals surface area (Å²) in [6, 6.07) is 54.9. The fraction of sp³-hybridized carbons (Fsp3) is 0.143. The van der Waals surface area contributed by atoms with Crippen LogP contribution in [0.15, 0.2) is 152 Å². The van der Waals surface area contributed by atoms with Crippen molar-refractivity contribution in [3.63, 3.8) is 0 Å². The lowest BCUT2D eigenvalue weighted by atomic mass is 10.0. The van der Waals surface area contributed by atoms with Crippen molar-refractivity contribution in [1.29, 1.82) is 0 Å². The van der Waals surface area contributed by atoms with Gasteiger partial charge in [-0.1, -0.05) is 103 Å². The fourth-order valence-corrected chi connectivity index (χ4v) is 5.66. The minimum Gasteiger partial charge on any atom is -0.311 e. The highest BCUT2D eigenvalue weighted by molar-refractivity contribution is 5.80. The van der Waals surface area contributed by atoms with Crippen LogP contribution in [0.3, 0.4) is 0 Å². The van der Waals surface area contributed by atoms with E-state index in [0.717, 1.165) is 34.9 Å². The van der Waals surface area contributed by atoms with Crippen molar-refractivity contribution in [2.24, 2.45) is 0 Å². The lowest BCUT2D eigenvalue weighted by Crippen LogP contribution is -2.10. The number of hydrogen-bond donors (Lipinski definition) is 0. The monoisotopic (exact) mass is 572 g/mol. The summed E-state index contributed by atoms with van der Waals surface area (Å²) < 4.78 is 0. The maximum Gasteiger partial charge on any atom is 0.0462 e. The van der Waals surface area contributed by atoms with Crippen LogP contribution in [-0.4, -0.2) is 0 Å². The molecule has 0 aromatic heterocycles. The van der Waals surface area contributed by atoms with Crippen molar-refractivity contribution in [2.45, 2.75) is 40.0 Å². The third-order valence-corrected chi connectivity index (χ3v) is 8.20. The van der Waals surface area contributed by atoms with Crippen LogP contribution in [0, 0.1) is 13.8 Å². The van der Waals surface area contributed by atoms with E-state index >= 15 is 0 Å². The van der Waals surface area contributed by atoms with E-state index in [0.29, 0.717) is 0 Å².